The normalized spacial score (nSPS) is 17.5. The predicted octanol–water partition coefficient (Wildman–Crippen LogP) is 3.37. The number of imide groups is 2. The molecule has 514 valence electrons. The van der Waals surface area contributed by atoms with Gasteiger partial charge in [0.15, 0.2) is 0 Å². The van der Waals surface area contributed by atoms with E-state index < -0.39 is 59.5 Å². The van der Waals surface area contributed by atoms with Crippen LogP contribution in [0.5, 0.6) is 0 Å². The number of fused-ring (bicyclic) bond motifs is 8. The molecule has 0 aliphatic carbocycles. The molecule has 28 nitrogen and oxygen atoms in total. The molecule has 0 unspecified atom stereocenters. The smallest absolute Gasteiger partial charge is 0.330 e. The van der Waals surface area contributed by atoms with E-state index in [1.165, 1.54) is 37.0 Å². The Morgan fingerprint density at radius 1 is 0.684 bits per heavy atom. The van der Waals surface area contributed by atoms with Gasteiger partial charge in [0.05, 0.1) is 132 Å². The summed E-state index contributed by atoms with van der Waals surface area (Å²) in [5, 5.41) is 17.3. The zero-order valence-corrected chi connectivity index (χ0v) is 55.2. The van der Waals surface area contributed by atoms with Gasteiger partial charge in [0, 0.05) is 98.1 Å². The second-order valence-corrected chi connectivity index (χ2v) is 23.4. The van der Waals surface area contributed by atoms with Crippen molar-refractivity contribution in [2.75, 3.05) is 138 Å². The number of aryl methyl sites for hydroxylation is 1. The fourth-order valence-corrected chi connectivity index (χ4v) is 11.6. The number of allylic oxidation sites excluding steroid dienone is 5. The number of aromatic amines is 2. The summed E-state index contributed by atoms with van der Waals surface area (Å²) in [6, 6.07) is 3.83. The molecule has 8 bridgehead atoms. The Hall–Kier alpha value is -8.35. The molecule has 1 saturated heterocycles. The molecule has 4 atom stereocenters. The molecule has 2 aromatic heterocycles. The summed E-state index contributed by atoms with van der Waals surface area (Å²) in [7, 11) is 0. The number of aliphatic hydroxyl groups excluding tert-OH is 1. The van der Waals surface area contributed by atoms with Crippen molar-refractivity contribution in [2.24, 2.45) is 0 Å². The molecule has 0 spiro atoms. The third kappa shape index (κ3) is 19.2. The maximum Gasteiger partial charge on any atom is 0.330 e. The van der Waals surface area contributed by atoms with Crippen LogP contribution in [0.4, 0.5) is 0 Å². The summed E-state index contributed by atoms with van der Waals surface area (Å²) in [5.74, 6) is -4.95. The number of hydrogen-bond donors (Lipinski definition) is 6. The van der Waals surface area contributed by atoms with E-state index >= 15 is 4.79 Å². The first-order chi connectivity index (χ1) is 45.8. The van der Waals surface area contributed by atoms with Crippen molar-refractivity contribution in [2.45, 2.75) is 98.1 Å². The van der Waals surface area contributed by atoms with Gasteiger partial charge in [0.2, 0.25) is 17.7 Å². The van der Waals surface area contributed by atoms with E-state index in [1.807, 2.05) is 52.8 Å². The lowest BCUT2D eigenvalue weighted by Gasteiger charge is -2.31. The molecule has 2 aromatic rings. The third-order valence-electron chi connectivity index (χ3n) is 17.0. The van der Waals surface area contributed by atoms with Gasteiger partial charge in [-0.15, -0.1) is 0 Å². The van der Waals surface area contributed by atoms with Gasteiger partial charge in [-0.1, -0.05) is 13.8 Å². The van der Waals surface area contributed by atoms with Crippen LogP contribution in [-0.2, 0) is 71.5 Å². The van der Waals surface area contributed by atoms with Gasteiger partial charge in [-0.3, -0.25) is 53.1 Å². The minimum atomic E-state index is -0.934. The fraction of sp³-hybridized carbons (Fsp3) is 0.537. The molecule has 1 fully saturated rings. The first-order valence-corrected chi connectivity index (χ1v) is 32.4. The van der Waals surface area contributed by atoms with E-state index in [0.29, 0.717) is 133 Å². The minimum absolute atomic E-state index is 0.00565. The van der Waals surface area contributed by atoms with Gasteiger partial charge in [-0.25, -0.2) is 14.8 Å². The second kappa shape index (κ2) is 35.4. The van der Waals surface area contributed by atoms with E-state index in [2.05, 4.69) is 30.8 Å². The van der Waals surface area contributed by atoms with Gasteiger partial charge in [-0.05, 0) is 94.0 Å². The van der Waals surface area contributed by atoms with Gasteiger partial charge < -0.3 is 68.9 Å². The maximum absolute atomic E-state index is 15.2. The Bertz CT molecular complexity index is 3510. The number of aliphatic hydroxyl groups is 1. The summed E-state index contributed by atoms with van der Waals surface area (Å²) in [6.07, 6.45) is 6.28. The Kier molecular flexibility index (Phi) is 27.0. The minimum Gasteiger partial charge on any atom is -0.463 e. The number of esters is 2. The molecule has 8 rings (SSSR count). The van der Waals surface area contributed by atoms with Crippen LogP contribution in [-0.4, -0.2) is 243 Å². The number of carbonyl (C=O) groups excluding carboxylic acids is 9. The lowest BCUT2D eigenvalue weighted by Crippen LogP contribution is -2.52. The summed E-state index contributed by atoms with van der Waals surface area (Å²) in [5.41, 5.74) is 9.24. The van der Waals surface area contributed by atoms with E-state index in [4.69, 9.17) is 47.9 Å². The molecule has 6 aliphatic heterocycles. The molecule has 6 aliphatic rings. The molecule has 95 heavy (non-hydrogen) atoms. The standard InChI is InChI=1S/C67H88N10O18/c1-8-46-40(2)50-38-54-47(9-13-59(83)95-36-35-89-24-16-68-64(84)44(6)70-65(85)45(7)69-55(79)15-23-88-29-31-92-33-34-93-32-30-91-27-21-76-56(80)11-12-57(76)81)41(3)49(72-54)37-51-42(4)48(10-14-58(82)94-28-22-78)62(73-51)61-63-60(43(5)52(74-63)39-53(46)71-50)66(86)77(67(61)87)18-17-75-19-25-90-26-20-75/h9,11-13,37-39,42,44-45,48,73-74,78H,8,10,14-36H2,1-7H3,(H,68,84)(H,69,79)(H,70,85)/b13-9+,51-37?,53-39?,54-38?,62-61?/t42-,44-,45-,48-/m0/s1. The summed E-state index contributed by atoms with van der Waals surface area (Å²) in [6.45, 7) is 17.7. The number of H-pyrrole nitrogens is 2. The molecule has 0 saturated carbocycles. The Balaban J connectivity index is 0.824. The average molecular weight is 1320 g/mol. The van der Waals surface area contributed by atoms with E-state index in [0.717, 1.165) is 21.6 Å². The molecule has 8 heterocycles. The Morgan fingerprint density at radius 2 is 1.32 bits per heavy atom. The van der Waals surface area contributed by atoms with Gasteiger partial charge in [0.25, 0.3) is 23.6 Å². The van der Waals surface area contributed by atoms with Crippen molar-refractivity contribution in [3.8, 4) is 0 Å². The van der Waals surface area contributed by atoms with Crippen molar-refractivity contribution in [1.29, 1.82) is 0 Å². The highest BCUT2D eigenvalue weighted by Gasteiger charge is 2.41. The van der Waals surface area contributed by atoms with Crippen LogP contribution in [0.1, 0.15) is 140 Å². The highest BCUT2D eigenvalue weighted by molar-refractivity contribution is 6.23. The van der Waals surface area contributed by atoms with Crippen molar-refractivity contribution < 1.29 is 86.2 Å². The van der Waals surface area contributed by atoms with Crippen LogP contribution in [0.15, 0.2) is 42.5 Å². The lowest BCUT2D eigenvalue weighted by atomic mass is 9.84. The average Bonchev–Trinajstić information content (AvgIpc) is 1.60. The Morgan fingerprint density at radius 3 is 2.01 bits per heavy atom. The van der Waals surface area contributed by atoms with Gasteiger partial charge in [-0.2, -0.15) is 0 Å². The monoisotopic (exact) mass is 1320 g/mol. The van der Waals surface area contributed by atoms with Crippen LogP contribution >= 0.6 is 0 Å². The summed E-state index contributed by atoms with van der Waals surface area (Å²) >= 11 is 0. The molecule has 0 radical (unpaired) electrons. The number of ether oxygens (including phenoxy) is 8. The van der Waals surface area contributed by atoms with Crippen LogP contribution in [0, 0.1) is 6.92 Å². The predicted molar refractivity (Wildman–Crippen MR) is 346 cm³/mol. The van der Waals surface area contributed by atoms with Crippen LogP contribution in [0.25, 0.3) is 33.3 Å². The second-order valence-electron chi connectivity index (χ2n) is 23.4. The summed E-state index contributed by atoms with van der Waals surface area (Å²) in [4.78, 5) is 139. The first-order valence-electron chi connectivity index (χ1n) is 32.4. The molecule has 7 amide bonds. The van der Waals surface area contributed by atoms with Crippen molar-refractivity contribution >= 4 is 86.6 Å². The molecule has 6 N–H and O–H groups in total. The number of rotatable bonds is 36. The third-order valence-corrected chi connectivity index (χ3v) is 17.0. The SMILES string of the molecule is CCC1=C(C)c2cc3nc(cc4[nH]c(c5c6[nH]c(cc1n2)c(C)c6C(=O)N(CCN1CCOCC1)C5=O)[C@@H](CCC(=O)OCCO)[C@@H]4C)C(C)=C3/C=C/C(=O)OCCOCCNC(=O)[C@H](C)NC(=O)[C@H](C)NC(=O)CCOCCOCCOCCOCCN1C(=O)C=CC1=O. The quantitative estimate of drug-likeness (QED) is 0.0246. The van der Waals surface area contributed by atoms with Gasteiger partial charge >= 0.3 is 11.9 Å². The number of hydrogen-bond acceptors (Lipinski definition) is 21. The van der Waals surface area contributed by atoms with Crippen molar-refractivity contribution in [3.05, 3.63) is 93.4 Å². The number of nitrogens with zero attached hydrogens (tertiary/aromatic N) is 5. The van der Waals surface area contributed by atoms with Crippen LogP contribution in [0.3, 0.4) is 0 Å². The zero-order valence-electron chi connectivity index (χ0n) is 55.2. The summed E-state index contributed by atoms with van der Waals surface area (Å²) < 4.78 is 43.7. The topological polar surface area (TPSA) is 351 Å². The van der Waals surface area contributed by atoms with Crippen LogP contribution < -0.4 is 16.0 Å². The fourth-order valence-electron chi connectivity index (χ4n) is 11.6. The largest absolute Gasteiger partial charge is 0.463 e. The Labute approximate surface area is 551 Å². The van der Waals surface area contributed by atoms with Gasteiger partial charge in [0.1, 0.15) is 25.3 Å². The number of morpholine rings is 1. The highest BCUT2D eigenvalue weighted by atomic mass is 16.6. The molecule has 28 heteroatoms. The lowest BCUT2D eigenvalue weighted by molar-refractivity contribution is -0.145. The van der Waals surface area contributed by atoms with E-state index in [9.17, 15) is 43.5 Å². The number of carbonyl (C=O) groups is 9. The number of aromatic nitrogens is 4. The van der Waals surface area contributed by atoms with Crippen molar-refractivity contribution in [1.82, 2.24) is 50.6 Å². The molecular weight excluding hydrogens is 1230 g/mol. The zero-order chi connectivity index (χ0) is 68.1. The number of nitrogens with one attached hydrogen (secondary N) is 5. The molecule has 0 aromatic carbocycles. The maximum atomic E-state index is 15.2. The van der Waals surface area contributed by atoms with E-state index in [-0.39, 0.29) is 116 Å². The highest BCUT2D eigenvalue weighted by Crippen LogP contribution is 2.45. The molecular formula is C67H88N10O18. The number of amides is 7. The van der Waals surface area contributed by atoms with E-state index in [1.54, 1.807) is 6.08 Å². The first kappa shape index (κ1) is 72.5. The van der Waals surface area contributed by atoms with Crippen molar-refractivity contribution in [3.63, 3.8) is 0 Å². The van der Waals surface area contributed by atoms with Crippen LogP contribution in [0.2, 0.25) is 0 Å².